The maximum Gasteiger partial charge on any atom is 0.416 e. The van der Waals surface area contributed by atoms with Gasteiger partial charge < -0.3 is 24.6 Å². The molecule has 11 nitrogen and oxygen atoms in total. The van der Waals surface area contributed by atoms with Gasteiger partial charge in [0, 0.05) is 47.2 Å². The van der Waals surface area contributed by atoms with E-state index in [9.17, 15) is 27.6 Å². The summed E-state index contributed by atoms with van der Waals surface area (Å²) >= 11 is 6.03. The van der Waals surface area contributed by atoms with Crippen molar-refractivity contribution in [1.29, 1.82) is 0 Å². The number of rotatable bonds is 6. The molecular formula is C24H28ClF3N8O3. The lowest BCUT2D eigenvalue weighted by molar-refractivity contribution is -0.137. The number of piperazine rings is 1. The average Bonchev–Trinajstić information content (AvgIpc) is 3.32. The molecule has 0 atom stereocenters. The molecule has 1 N–H and O–H groups in total. The van der Waals surface area contributed by atoms with Gasteiger partial charge in [-0.05, 0) is 24.6 Å². The van der Waals surface area contributed by atoms with Gasteiger partial charge in [0.15, 0.2) is 0 Å². The van der Waals surface area contributed by atoms with E-state index in [1.165, 1.54) is 6.92 Å². The fourth-order valence-corrected chi connectivity index (χ4v) is 4.71. The van der Waals surface area contributed by atoms with E-state index in [4.69, 9.17) is 11.6 Å². The second-order valence-electron chi connectivity index (χ2n) is 9.29. The third-order valence-corrected chi connectivity index (χ3v) is 6.78. The number of aromatic nitrogens is 4. The van der Waals surface area contributed by atoms with Crippen LogP contribution in [0.1, 0.15) is 25.1 Å². The predicted octanol–water partition coefficient (Wildman–Crippen LogP) is 2.50. The molecule has 1 aliphatic heterocycles. The Kier molecular flexibility index (Phi) is 7.77. The first-order valence-electron chi connectivity index (χ1n) is 12.2. The molecule has 0 radical (unpaired) electrons. The standard InChI is InChI=1S/C24H28ClF3N8O3/c1-5-18-20(34-10-8-33(9-11-34)14(2)37)21(39)36-23(30-22(31-36)32(3)4)35(18)13-19(38)29-17-7-6-15(12-16(17)25)24(26,27)28/h6-7,12H,5,8-11,13H2,1-4H3,(H,29,38). The van der Waals surface area contributed by atoms with E-state index in [2.05, 4.69) is 15.4 Å². The Labute approximate surface area is 226 Å². The highest BCUT2D eigenvalue weighted by Gasteiger charge is 2.31. The third kappa shape index (κ3) is 5.65. The first-order valence-corrected chi connectivity index (χ1v) is 12.6. The molecule has 210 valence electrons. The highest BCUT2D eigenvalue weighted by Crippen LogP contribution is 2.34. The number of carbonyl (C=O) groups is 2. The van der Waals surface area contributed by atoms with E-state index in [-0.39, 0.29) is 34.9 Å². The summed E-state index contributed by atoms with van der Waals surface area (Å²) in [6.45, 7) is 4.71. The van der Waals surface area contributed by atoms with Gasteiger partial charge in [-0.3, -0.25) is 14.4 Å². The number of anilines is 3. The predicted molar refractivity (Wildman–Crippen MR) is 141 cm³/mol. The van der Waals surface area contributed by atoms with Crippen molar-refractivity contribution in [3.63, 3.8) is 0 Å². The second-order valence-corrected chi connectivity index (χ2v) is 9.70. The Bertz CT molecular complexity index is 1480. The van der Waals surface area contributed by atoms with E-state index in [1.54, 1.807) is 28.5 Å². The van der Waals surface area contributed by atoms with E-state index >= 15 is 0 Å². The van der Waals surface area contributed by atoms with Gasteiger partial charge in [0.2, 0.25) is 23.5 Å². The molecule has 1 aromatic carbocycles. The normalized spacial score (nSPS) is 14.2. The van der Waals surface area contributed by atoms with Crippen molar-refractivity contribution in [3.8, 4) is 0 Å². The number of halogens is 4. The summed E-state index contributed by atoms with van der Waals surface area (Å²) in [6.07, 6.45) is -4.21. The van der Waals surface area contributed by atoms with Crippen molar-refractivity contribution < 1.29 is 22.8 Å². The maximum atomic E-state index is 13.6. The second kappa shape index (κ2) is 10.8. The third-order valence-electron chi connectivity index (χ3n) is 6.46. The Morgan fingerprint density at radius 2 is 1.82 bits per heavy atom. The SMILES string of the molecule is CCc1c(N2CCN(C(C)=O)CC2)c(=O)n2nc(N(C)C)nc2n1CC(=O)Nc1ccc(C(F)(F)F)cc1Cl. The van der Waals surface area contributed by atoms with Gasteiger partial charge in [-0.2, -0.15) is 22.7 Å². The molecule has 15 heteroatoms. The Balaban J connectivity index is 1.74. The molecule has 3 aromatic rings. The Hall–Kier alpha value is -3.81. The van der Waals surface area contributed by atoms with E-state index in [1.807, 2.05) is 11.8 Å². The number of nitrogens with one attached hydrogen (secondary N) is 1. The molecule has 2 aromatic heterocycles. The minimum atomic E-state index is -4.58. The van der Waals surface area contributed by atoms with Crippen LogP contribution in [-0.4, -0.2) is 76.2 Å². The van der Waals surface area contributed by atoms with Crippen LogP contribution in [0.4, 0.5) is 30.5 Å². The van der Waals surface area contributed by atoms with Crippen LogP contribution in [-0.2, 0) is 28.7 Å². The summed E-state index contributed by atoms with van der Waals surface area (Å²) in [5, 5.41) is 6.62. The average molecular weight is 569 g/mol. The number of alkyl halides is 3. The Morgan fingerprint density at radius 1 is 1.15 bits per heavy atom. The van der Waals surface area contributed by atoms with Gasteiger partial charge >= 0.3 is 6.18 Å². The van der Waals surface area contributed by atoms with Crippen molar-refractivity contribution in [2.24, 2.45) is 0 Å². The van der Waals surface area contributed by atoms with Crippen LogP contribution in [0.25, 0.3) is 5.78 Å². The molecular weight excluding hydrogens is 541 g/mol. The Morgan fingerprint density at radius 3 is 2.36 bits per heavy atom. The van der Waals surface area contributed by atoms with Gasteiger partial charge in [-0.25, -0.2) is 0 Å². The molecule has 0 spiro atoms. The van der Waals surface area contributed by atoms with Crippen molar-refractivity contribution in [2.45, 2.75) is 33.0 Å². The highest BCUT2D eigenvalue weighted by molar-refractivity contribution is 6.33. The zero-order valence-corrected chi connectivity index (χ0v) is 22.6. The highest BCUT2D eigenvalue weighted by atomic mass is 35.5. The monoisotopic (exact) mass is 568 g/mol. The maximum absolute atomic E-state index is 13.6. The van der Waals surface area contributed by atoms with Crippen LogP contribution in [0.2, 0.25) is 5.02 Å². The van der Waals surface area contributed by atoms with Crippen LogP contribution in [0.15, 0.2) is 23.0 Å². The van der Waals surface area contributed by atoms with E-state index < -0.39 is 23.2 Å². The summed E-state index contributed by atoms with van der Waals surface area (Å²) in [5.41, 5.74) is -0.434. The zero-order valence-electron chi connectivity index (χ0n) is 21.8. The largest absolute Gasteiger partial charge is 0.416 e. The minimum Gasteiger partial charge on any atom is -0.362 e. The molecule has 39 heavy (non-hydrogen) atoms. The topological polar surface area (TPSA) is 108 Å². The number of benzene rings is 1. The number of fused-ring (bicyclic) bond motifs is 1. The lowest BCUT2D eigenvalue weighted by Crippen LogP contribution is -2.50. The lowest BCUT2D eigenvalue weighted by atomic mass is 10.2. The van der Waals surface area contributed by atoms with Crippen molar-refractivity contribution in [3.05, 3.63) is 44.8 Å². The number of hydrogen-bond donors (Lipinski definition) is 1. The number of carbonyl (C=O) groups excluding carboxylic acids is 2. The molecule has 1 fully saturated rings. The first-order chi connectivity index (χ1) is 18.3. The molecule has 0 saturated carbocycles. The smallest absolute Gasteiger partial charge is 0.362 e. The molecule has 1 saturated heterocycles. The van der Waals surface area contributed by atoms with Gasteiger partial charge in [0.05, 0.1) is 22.0 Å². The first kappa shape index (κ1) is 28.2. The van der Waals surface area contributed by atoms with Crippen LogP contribution in [0.3, 0.4) is 0 Å². The molecule has 0 bridgehead atoms. The molecule has 1 aliphatic rings. The summed E-state index contributed by atoms with van der Waals surface area (Å²) in [5.74, 6) is -0.240. The number of amides is 2. The van der Waals surface area contributed by atoms with Crippen LogP contribution in [0.5, 0.6) is 0 Å². The number of nitrogens with zero attached hydrogens (tertiary/aromatic N) is 7. The quantitative estimate of drug-likeness (QED) is 0.487. The van der Waals surface area contributed by atoms with Gasteiger partial charge in [-0.1, -0.05) is 18.5 Å². The zero-order chi connectivity index (χ0) is 28.6. The van der Waals surface area contributed by atoms with E-state index in [0.29, 0.717) is 44.0 Å². The molecule has 3 heterocycles. The summed E-state index contributed by atoms with van der Waals surface area (Å²) < 4.78 is 41.7. The summed E-state index contributed by atoms with van der Waals surface area (Å²) in [6, 6.07) is 2.66. The van der Waals surface area contributed by atoms with Gasteiger partial charge in [0.25, 0.3) is 5.56 Å². The van der Waals surface area contributed by atoms with Crippen molar-refractivity contribution >= 4 is 46.5 Å². The van der Waals surface area contributed by atoms with Crippen LogP contribution < -0.4 is 20.7 Å². The molecule has 0 unspecified atom stereocenters. The number of hydrogen-bond acceptors (Lipinski definition) is 7. The van der Waals surface area contributed by atoms with Gasteiger partial charge in [0.1, 0.15) is 12.2 Å². The molecule has 4 rings (SSSR count). The minimum absolute atomic E-state index is 0.0146. The van der Waals surface area contributed by atoms with Crippen molar-refractivity contribution in [2.75, 3.05) is 55.4 Å². The lowest BCUT2D eigenvalue weighted by Gasteiger charge is -2.36. The molecule has 0 aliphatic carbocycles. The fraction of sp³-hybridized carbons (Fsp3) is 0.458. The fourth-order valence-electron chi connectivity index (χ4n) is 4.48. The summed E-state index contributed by atoms with van der Waals surface area (Å²) in [7, 11) is 3.43. The van der Waals surface area contributed by atoms with Gasteiger partial charge in [-0.15, -0.1) is 5.10 Å². The van der Waals surface area contributed by atoms with Crippen LogP contribution in [0, 0.1) is 0 Å². The van der Waals surface area contributed by atoms with E-state index in [0.717, 1.165) is 22.7 Å². The van der Waals surface area contributed by atoms with Crippen molar-refractivity contribution in [1.82, 2.24) is 24.1 Å². The summed E-state index contributed by atoms with van der Waals surface area (Å²) in [4.78, 5) is 48.2. The van der Waals surface area contributed by atoms with Crippen LogP contribution >= 0.6 is 11.6 Å². The molecule has 2 amide bonds.